The van der Waals surface area contributed by atoms with E-state index in [9.17, 15) is 0 Å². The molecule has 1 aromatic rings. The van der Waals surface area contributed by atoms with E-state index in [4.69, 9.17) is 4.74 Å². The number of ether oxygens (including phenoxy) is 1. The van der Waals surface area contributed by atoms with Crippen molar-refractivity contribution < 1.29 is 4.74 Å². The van der Waals surface area contributed by atoms with Crippen LogP contribution < -0.4 is 0 Å². The highest BCUT2D eigenvalue weighted by atomic mass is 16.5. The number of fused-ring (bicyclic) bond motifs is 1. The molecular formula is C15H25N3O. The van der Waals surface area contributed by atoms with Crippen molar-refractivity contribution in [3.05, 3.63) is 17.7 Å². The minimum Gasteiger partial charge on any atom is -0.374 e. The van der Waals surface area contributed by atoms with E-state index in [1.54, 1.807) is 0 Å². The van der Waals surface area contributed by atoms with Gasteiger partial charge in [0.1, 0.15) is 0 Å². The van der Waals surface area contributed by atoms with E-state index >= 15 is 0 Å². The van der Waals surface area contributed by atoms with Crippen molar-refractivity contribution in [3.8, 4) is 0 Å². The van der Waals surface area contributed by atoms with Crippen molar-refractivity contribution in [2.75, 3.05) is 19.7 Å². The molecule has 4 nitrogen and oxygen atoms in total. The molecule has 0 spiro atoms. The fraction of sp³-hybridized carbons (Fsp3) is 0.800. The van der Waals surface area contributed by atoms with Crippen LogP contribution in [-0.2, 0) is 24.1 Å². The summed E-state index contributed by atoms with van der Waals surface area (Å²) in [5, 5.41) is 0. The van der Waals surface area contributed by atoms with Crippen molar-refractivity contribution in [1.29, 1.82) is 0 Å². The van der Waals surface area contributed by atoms with Gasteiger partial charge in [0.15, 0.2) is 0 Å². The Kier molecular flexibility index (Phi) is 3.89. The molecular weight excluding hydrogens is 238 g/mol. The van der Waals surface area contributed by atoms with Crippen molar-refractivity contribution >= 4 is 0 Å². The van der Waals surface area contributed by atoms with Gasteiger partial charge in [-0.25, -0.2) is 4.98 Å². The zero-order valence-corrected chi connectivity index (χ0v) is 12.1. The fourth-order valence-corrected chi connectivity index (χ4v) is 3.23. The van der Waals surface area contributed by atoms with E-state index in [0.717, 1.165) is 32.7 Å². The highest BCUT2D eigenvalue weighted by Gasteiger charge is 2.24. The molecule has 1 unspecified atom stereocenters. The third-order valence-electron chi connectivity index (χ3n) is 4.41. The summed E-state index contributed by atoms with van der Waals surface area (Å²) in [4.78, 5) is 7.08. The van der Waals surface area contributed by atoms with Crippen LogP contribution in [-0.4, -0.2) is 46.3 Å². The van der Waals surface area contributed by atoms with Crippen molar-refractivity contribution in [2.45, 2.75) is 58.2 Å². The van der Waals surface area contributed by atoms with Gasteiger partial charge in [0.25, 0.3) is 0 Å². The van der Waals surface area contributed by atoms with E-state index in [2.05, 4.69) is 28.3 Å². The maximum atomic E-state index is 5.93. The molecule has 1 aliphatic heterocycles. The number of aromatic nitrogens is 2. The number of morpholine rings is 1. The second-order valence-corrected chi connectivity index (χ2v) is 6.08. The Morgan fingerprint density at radius 3 is 3.05 bits per heavy atom. The number of imidazole rings is 1. The Bertz CT molecular complexity index is 427. The molecule has 1 aliphatic carbocycles. The lowest BCUT2D eigenvalue weighted by Gasteiger charge is -2.35. The Morgan fingerprint density at radius 1 is 1.37 bits per heavy atom. The van der Waals surface area contributed by atoms with Gasteiger partial charge in [-0.2, -0.15) is 0 Å². The van der Waals surface area contributed by atoms with Crippen LogP contribution in [0, 0.1) is 0 Å². The quantitative estimate of drug-likeness (QED) is 0.834. The zero-order valence-electron chi connectivity index (χ0n) is 12.1. The molecule has 0 amide bonds. The molecule has 0 bridgehead atoms. The molecule has 106 valence electrons. The van der Waals surface area contributed by atoms with Gasteiger partial charge in [-0.1, -0.05) is 0 Å². The predicted molar refractivity (Wildman–Crippen MR) is 75.3 cm³/mol. The maximum Gasteiger partial charge on any atom is 0.0952 e. The van der Waals surface area contributed by atoms with Crippen LogP contribution in [0.5, 0.6) is 0 Å². The normalized spacial score (nSPS) is 24.7. The van der Waals surface area contributed by atoms with Gasteiger partial charge in [-0.15, -0.1) is 0 Å². The van der Waals surface area contributed by atoms with Gasteiger partial charge >= 0.3 is 0 Å². The number of aryl methyl sites for hydroxylation is 1. The monoisotopic (exact) mass is 263 g/mol. The molecule has 2 aliphatic rings. The van der Waals surface area contributed by atoms with Crippen LogP contribution in [0.2, 0.25) is 0 Å². The summed E-state index contributed by atoms with van der Waals surface area (Å²) in [6.45, 7) is 8.47. The largest absolute Gasteiger partial charge is 0.374 e. The average Bonchev–Trinajstić information content (AvgIpc) is 2.83. The first-order valence-electron chi connectivity index (χ1n) is 7.62. The van der Waals surface area contributed by atoms with Crippen LogP contribution in [0.3, 0.4) is 0 Å². The highest BCUT2D eigenvalue weighted by molar-refractivity contribution is 5.16. The van der Waals surface area contributed by atoms with Gasteiger partial charge in [-0.3, -0.25) is 4.90 Å². The summed E-state index contributed by atoms with van der Waals surface area (Å²) in [5.41, 5.74) is 2.78. The van der Waals surface area contributed by atoms with Gasteiger partial charge in [0.05, 0.1) is 31.3 Å². The third-order valence-corrected chi connectivity index (χ3v) is 4.41. The molecule has 1 fully saturated rings. The first-order chi connectivity index (χ1) is 9.24. The molecule has 19 heavy (non-hydrogen) atoms. The molecule has 1 atom stereocenters. The number of rotatable bonds is 3. The minimum atomic E-state index is 0.316. The molecule has 1 aromatic heterocycles. The Labute approximate surface area is 115 Å². The van der Waals surface area contributed by atoms with Gasteiger partial charge in [-0.05, 0) is 39.5 Å². The van der Waals surface area contributed by atoms with Crippen molar-refractivity contribution in [1.82, 2.24) is 14.5 Å². The molecule has 0 N–H and O–H groups in total. The fourth-order valence-electron chi connectivity index (χ4n) is 3.23. The lowest BCUT2D eigenvalue weighted by molar-refractivity contribution is -0.0459. The molecule has 0 saturated carbocycles. The summed E-state index contributed by atoms with van der Waals surface area (Å²) >= 11 is 0. The zero-order chi connectivity index (χ0) is 13.2. The lowest BCUT2D eigenvalue weighted by atomic mass is 10.0. The second kappa shape index (κ2) is 5.63. The lowest BCUT2D eigenvalue weighted by Crippen LogP contribution is -2.47. The summed E-state index contributed by atoms with van der Waals surface area (Å²) in [5.74, 6) is 0. The van der Waals surface area contributed by atoms with Crippen LogP contribution >= 0.6 is 0 Å². The topological polar surface area (TPSA) is 30.3 Å². The molecule has 1 saturated heterocycles. The Hall–Kier alpha value is -0.870. The number of hydrogen-bond acceptors (Lipinski definition) is 3. The summed E-state index contributed by atoms with van der Waals surface area (Å²) < 4.78 is 8.27. The first-order valence-corrected chi connectivity index (χ1v) is 7.62. The van der Waals surface area contributed by atoms with E-state index in [1.165, 1.54) is 30.7 Å². The predicted octanol–water partition coefficient (Wildman–Crippen LogP) is 1.87. The standard InChI is InChI=1S/C15H25N3O/c1-12(2)17-7-8-19-13(9-17)10-18-11-16-14-5-3-4-6-15(14)18/h11-13H,3-10H2,1-2H3. The third kappa shape index (κ3) is 2.84. The summed E-state index contributed by atoms with van der Waals surface area (Å²) in [6.07, 6.45) is 7.29. The summed E-state index contributed by atoms with van der Waals surface area (Å²) in [7, 11) is 0. The highest BCUT2D eigenvalue weighted by Crippen LogP contribution is 2.21. The number of nitrogens with zero attached hydrogens (tertiary/aromatic N) is 3. The van der Waals surface area contributed by atoms with Crippen molar-refractivity contribution in [2.24, 2.45) is 0 Å². The van der Waals surface area contributed by atoms with Crippen LogP contribution in [0.4, 0.5) is 0 Å². The van der Waals surface area contributed by atoms with E-state index in [-0.39, 0.29) is 0 Å². The Morgan fingerprint density at radius 2 is 2.21 bits per heavy atom. The molecule has 2 heterocycles. The molecule has 0 aromatic carbocycles. The SMILES string of the molecule is CC(C)N1CCOC(Cn2cnc3c2CCCC3)C1. The summed E-state index contributed by atoms with van der Waals surface area (Å²) in [6, 6.07) is 0.614. The minimum absolute atomic E-state index is 0.316. The van der Waals surface area contributed by atoms with Crippen LogP contribution in [0.15, 0.2) is 6.33 Å². The average molecular weight is 263 g/mol. The molecule has 3 rings (SSSR count). The van der Waals surface area contributed by atoms with Gasteiger partial charge in [0, 0.05) is 24.8 Å². The van der Waals surface area contributed by atoms with Crippen molar-refractivity contribution in [3.63, 3.8) is 0 Å². The van der Waals surface area contributed by atoms with Crippen LogP contribution in [0.25, 0.3) is 0 Å². The second-order valence-electron chi connectivity index (χ2n) is 6.08. The van der Waals surface area contributed by atoms with E-state index in [1.807, 2.05) is 6.33 Å². The van der Waals surface area contributed by atoms with E-state index in [0.29, 0.717) is 12.1 Å². The van der Waals surface area contributed by atoms with E-state index < -0.39 is 0 Å². The molecule has 4 heteroatoms. The Balaban J connectivity index is 1.66. The maximum absolute atomic E-state index is 5.93. The van der Waals surface area contributed by atoms with Gasteiger partial charge < -0.3 is 9.30 Å². The smallest absolute Gasteiger partial charge is 0.0952 e. The van der Waals surface area contributed by atoms with Gasteiger partial charge in [0.2, 0.25) is 0 Å². The first kappa shape index (κ1) is 13.1. The van der Waals surface area contributed by atoms with Crippen LogP contribution in [0.1, 0.15) is 38.1 Å². The number of hydrogen-bond donors (Lipinski definition) is 0. The molecule has 0 radical (unpaired) electrons.